The second-order valence-electron chi connectivity index (χ2n) is 8.15. The highest BCUT2D eigenvalue weighted by molar-refractivity contribution is 7.91. The maximum absolute atomic E-state index is 12.7. The van der Waals surface area contributed by atoms with Gasteiger partial charge in [-0.2, -0.15) is 0 Å². The molecule has 186 valence electrons. The van der Waals surface area contributed by atoms with Crippen molar-refractivity contribution in [3.63, 3.8) is 0 Å². The lowest BCUT2D eigenvalue weighted by Gasteiger charge is -2.18. The summed E-state index contributed by atoms with van der Waals surface area (Å²) in [6.45, 7) is 3.89. The number of fused-ring (bicyclic) bond motifs is 1. The molecule has 2 heterocycles. The molecule has 12 heteroatoms. The van der Waals surface area contributed by atoms with Gasteiger partial charge in [0, 0.05) is 4.88 Å². The Hall–Kier alpha value is -3.25. The van der Waals surface area contributed by atoms with Crippen molar-refractivity contribution in [1.29, 1.82) is 0 Å². The second kappa shape index (κ2) is 10.6. The van der Waals surface area contributed by atoms with Crippen LogP contribution in [0.1, 0.15) is 47.0 Å². The number of carbonyl (C=O) groups excluding carboxylic acids is 2. The molecule has 0 fully saturated rings. The van der Waals surface area contributed by atoms with Gasteiger partial charge < -0.3 is 19.2 Å². The van der Waals surface area contributed by atoms with Crippen LogP contribution in [0.2, 0.25) is 0 Å². The van der Waals surface area contributed by atoms with Crippen molar-refractivity contribution in [3.8, 4) is 5.75 Å². The summed E-state index contributed by atoms with van der Waals surface area (Å²) >= 11 is 1.28. The van der Waals surface area contributed by atoms with Crippen molar-refractivity contribution < 1.29 is 31.9 Å². The van der Waals surface area contributed by atoms with E-state index in [1.165, 1.54) is 11.3 Å². The van der Waals surface area contributed by atoms with E-state index < -0.39 is 32.7 Å². The van der Waals surface area contributed by atoms with Gasteiger partial charge in [-0.05, 0) is 49.8 Å². The molecule has 1 amide bonds. The van der Waals surface area contributed by atoms with Gasteiger partial charge in [0.05, 0.1) is 12.2 Å². The third-order valence-corrected chi connectivity index (χ3v) is 7.89. The summed E-state index contributed by atoms with van der Waals surface area (Å²) in [4.78, 5) is 26.3. The zero-order chi connectivity index (χ0) is 25.0. The molecule has 0 aliphatic heterocycles. The van der Waals surface area contributed by atoms with Crippen molar-refractivity contribution in [1.82, 2.24) is 10.2 Å². The number of hydrogen-bond donors (Lipinski definition) is 1. The van der Waals surface area contributed by atoms with E-state index in [1.807, 2.05) is 6.07 Å². The average molecular weight is 520 g/mol. The molecule has 4 rings (SSSR count). The predicted octanol–water partition coefficient (Wildman–Crippen LogP) is 3.42. The molecule has 1 N–H and O–H groups in total. The molecule has 0 spiro atoms. The third kappa shape index (κ3) is 5.88. The number of rotatable bonds is 9. The van der Waals surface area contributed by atoms with E-state index in [0.29, 0.717) is 28.7 Å². The first-order valence-electron chi connectivity index (χ1n) is 11.1. The number of aromatic nitrogens is 2. The highest BCUT2D eigenvalue weighted by atomic mass is 32.2. The summed E-state index contributed by atoms with van der Waals surface area (Å²) in [6.07, 6.45) is 2.41. The van der Waals surface area contributed by atoms with Crippen LogP contribution in [0.5, 0.6) is 5.75 Å². The fourth-order valence-electron chi connectivity index (χ4n) is 3.74. The molecule has 10 nitrogen and oxygen atoms in total. The summed E-state index contributed by atoms with van der Waals surface area (Å²) in [5.41, 5.74) is 1.17. The van der Waals surface area contributed by atoms with Crippen molar-refractivity contribution in [2.24, 2.45) is 5.92 Å². The molecule has 0 saturated heterocycles. The van der Waals surface area contributed by atoms with Crippen LogP contribution in [0.4, 0.5) is 5.00 Å². The van der Waals surface area contributed by atoms with Crippen LogP contribution >= 0.6 is 11.3 Å². The van der Waals surface area contributed by atoms with Gasteiger partial charge in [0.2, 0.25) is 15.7 Å². The topological polar surface area (TPSA) is 138 Å². The zero-order valence-electron chi connectivity index (χ0n) is 19.3. The summed E-state index contributed by atoms with van der Waals surface area (Å²) in [5.74, 6) is -1.30. The number of amides is 1. The highest BCUT2D eigenvalue weighted by Crippen LogP contribution is 2.40. The number of carbonyl (C=O) groups is 2. The Morgan fingerprint density at radius 3 is 2.74 bits per heavy atom. The van der Waals surface area contributed by atoms with Gasteiger partial charge in [-0.3, -0.25) is 4.79 Å². The van der Waals surface area contributed by atoms with Gasteiger partial charge in [0.1, 0.15) is 16.5 Å². The molecule has 1 aromatic carbocycles. The summed E-state index contributed by atoms with van der Waals surface area (Å²) in [6, 6.07) is 8.86. The maximum atomic E-state index is 12.7. The van der Waals surface area contributed by atoms with E-state index in [4.69, 9.17) is 13.9 Å². The number of sulfone groups is 1. The van der Waals surface area contributed by atoms with Crippen molar-refractivity contribution in [2.45, 2.75) is 44.9 Å². The Morgan fingerprint density at radius 1 is 1.23 bits per heavy atom. The van der Waals surface area contributed by atoms with E-state index in [0.717, 1.165) is 23.3 Å². The van der Waals surface area contributed by atoms with Gasteiger partial charge in [0.25, 0.3) is 5.89 Å². The highest BCUT2D eigenvalue weighted by Gasteiger charge is 2.31. The molecule has 1 aliphatic rings. The lowest BCUT2D eigenvalue weighted by atomic mass is 9.88. The van der Waals surface area contributed by atoms with Crippen LogP contribution in [0.25, 0.3) is 0 Å². The van der Waals surface area contributed by atoms with Crippen LogP contribution in [-0.2, 0) is 38.8 Å². The summed E-state index contributed by atoms with van der Waals surface area (Å²) < 4.78 is 41.2. The second-order valence-corrected chi connectivity index (χ2v) is 11.1. The summed E-state index contributed by atoms with van der Waals surface area (Å²) in [7, 11) is -4.22. The molecule has 1 atom stereocenters. The molecule has 0 saturated carbocycles. The predicted molar refractivity (Wildman–Crippen MR) is 127 cm³/mol. The molecule has 0 bridgehead atoms. The molecule has 2 aromatic heterocycles. The Balaban J connectivity index is 1.45. The quantitative estimate of drug-likeness (QED) is 0.421. The Bertz CT molecular complexity index is 1320. The van der Waals surface area contributed by atoms with Crippen LogP contribution < -0.4 is 10.1 Å². The number of thiophene rings is 1. The lowest BCUT2D eigenvalue weighted by Crippen LogP contribution is -2.24. The van der Waals surface area contributed by atoms with Gasteiger partial charge in [-0.1, -0.05) is 30.2 Å². The molecule has 1 aliphatic carbocycles. The number of anilines is 1. The Kier molecular flexibility index (Phi) is 7.51. The van der Waals surface area contributed by atoms with E-state index in [2.05, 4.69) is 22.4 Å². The Morgan fingerprint density at radius 2 is 2.00 bits per heavy atom. The number of esters is 1. The largest absolute Gasteiger partial charge is 0.484 e. The number of benzene rings is 1. The van der Waals surface area contributed by atoms with Gasteiger partial charge in [-0.25, -0.2) is 13.2 Å². The normalized spacial score (nSPS) is 15.3. The number of ether oxygens (including phenoxy) is 2. The molecular weight excluding hydrogens is 494 g/mol. The zero-order valence-corrected chi connectivity index (χ0v) is 20.9. The van der Waals surface area contributed by atoms with Crippen molar-refractivity contribution in [3.05, 3.63) is 52.2 Å². The number of para-hydroxylation sites is 1. The Labute approximate surface area is 206 Å². The molecule has 0 radical (unpaired) electrons. The first-order valence-corrected chi connectivity index (χ1v) is 13.6. The van der Waals surface area contributed by atoms with Crippen LogP contribution in [0.15, 0.2) is 40.0 Å². The smallest absolute Gasteiger partial charge is 0.341 e. The van der Waals surface area contributed by atoms with Gasteiger partial charge in [-0.15, -0.1) is 16.4 Å². The molecule has 35 heavy (non-hydrogen) atoms. The lowest BCUT2D eigenvalue weighted by molar-refractivity contribution is -0.113. The third-order valence-electron chi connectivity index (χ3n) is 5.39. The fraction of sp³-hybridized carbons (Fsp3) is 0.391. The molecular formula is C23H25N3O7S2. The van der Waals surface area contributed by atoms with Crippen LogP contribution in [0, 0.1) is 5.92 Å². The van der Waals surface area contributed by atoms with Gasteiger partial charge in [0.15, 0.2) is 6.61 Å². The SMILES string of the molecule is CCOC(=O)c1c(NC(=O)CS(=O)(=O)c2nnc(COc3ccccc3)o2)sc2c1CCC(C)C2. The van der Waals surface area contributed by atoms with E-state index in [1.54, 1.807) is 31.2 Å². The van der Waals surface area contributed by atoms with Gasteiger partial charge >= 0.3 is 11.2 Å². The standard InChI is InChI=1S/C23H25N3O7S2/c1-3-31-22(28)20-16-10-9-14(2)11-17(16)34-21(20)24-18(27)13-35(29,30)23-26-25-19(33-23)12-32-15-7-5-4-6-8-15/h4-8,14H,3,9-13H2,1-2H3,(H,24,27). The monoisotopic (exact) mass is 519 g/mol. The summed E-state index contributed by atoms with van der Waals surface area (Å²) in [5, 5.41) is 9.45. The fourth-order valence-corrected chi connectivity index (χ4v) is 6.08. The minimum atomic E-state index is -4.22. The van der Waals surface area contributed by atoms with Crippen molar-refractivity contribution >= 4 is 38.1 Å². The number of nitrogens with zero attached hydrogens (tertiary/aromatic N) is 2. The van der Waals surface area contributed by atoms with Crippen LogP contribution in [-0.4, -0.2) is 42.9 Å². The number of hydrogen-bond acceptors (Lipinski definition) is 10. The van der Waals surface area contributed by atoms with Crippen LogP contribution in [0.3, 0.4) is 0 Å². The number of nitrogens with one attached hydrogen (secondary N) is 1. The molecule has 3 aromatic rings. The molecule has 1 unspecified atom stereocenters. The minimum Gasteiger partial charge on any atom is -0.484 e. The van der Waals surface area contributed by atoms with E-state index in [-0.39, 0.29) is 19.1 Å². The minimum absolute atomic E-state index is 0.0440. The first-order chi connectivity index (χ1) is 16.8. The van der Waals surface area contributed by atoms with E-state index >= 15 is 0 Å². The average Bonchev–Trinajstić information content (AvgIpc) is 3.43. The van der Waals surface area contributed by atoms with E-state index in [9.17, 15) is 18.0 Å². The first kappa shape index (κ1) is 24.9. The van der Waals surface area contributed by atoms with Crippen molar-refractivity contribution in [2.75, 3.05) is 17.7 Å². The maximum Gasteiger partial charge on any atom is 0.341 e.